The minimum absolute atomic E-state index is 0.0400. The Hall–Kier alpha value is -7.00. The predicted molar refractivity (Wildman–Crippen MR) is 254 cm³/mol. The van der Waals surface area contributed by atoms with E-state index in [2.05, 4.69) is 0 Å². The maximum absolute atomic E-state index is 13.4. The molecule has 2 aliphatic carbocycles. The number of nitrogens with zero attached hydrogens (tertiary/aromatic N) is 2. The molecular formula is C54H54F12N2O8. The van der Waals surface area contributed by atoms with Crippen LogP contribution in [0.3, 0.4) is 0 Å². The number of alkyl halides is 12. The van der Waals surface area contributed by atoms with Gasteiger partial charge in [-0.3, -0.25) is 9.80 Å². The van der Waals surface area contributed by atoms with E-state index in [-0.39, 0.29) is 29.9 Å². The summed E-state index contributed by atoms with van der Waals surface area (Å²) in [5, 5.41) is 8.83. The minimum atomic E-state index is -5.02. The molecule has 0 aromatic heterocycles. The Morgan fingerprint density at radius 2 is 0.882 bits per heavy atom. The lowest BCUT2D eigenvalue weighted by molar-refractivity contribution is -0.144. The van der Waals surface area contributed by atoms with Gasteiger partial charge in [-0.25, -0.2) is 19.2 Å². The third-order valence-electron chi connectivity index (χ3n) is 11.6. The van der Waals surface area contributed by atoms with Gasteiger partial charge in [0.15, 0.2) is 0 Å². The molecular weight excluding hydrogens is 1030 g/mol. The first-order valence-electron chi connectivity index (χ1n) is 23.5. The Labute approximate surface area is 429 Å². The molecule has 0 fully saturated rings. The molecule has 10 nitrogen and oxygen atoms in total. The summed E-state index contributed by atoms with van der Waals surface area (Å²) in [6.07, 6.45) is -14.9. The van der Waals surface area contributed by atoms with E-state index in [1.165, 1.54) is 17.1 Å². The van der Waals surface area contributed by atoms with E-state index in [4.69, 9.17) is 19.3 Å². The lowest BCUT2D eigenvalue weighted by Gasteiger charge is -2.32. The summed E-state index contributed by atoms with van der Waals surface area (Å²) in [6.45, 7) is 10.5. The number of ether oxygens (including phenoxy) is 3. The zero-order valence-electron chi connectivity index (χ0n) is 42.1. The highest BCUT2D eigenvalue weighted by atomic mass is 19.4. The van der Waals surface area contributed by atoms with Gasteiger partial charge in [-0.1, -0.05) is 36.4 Å². The standard InChI is InChI=1S/C28H29F6NO4.C26H25F6NO4/c1-5-38-24(36)11-7-17-6-9-22-19(12-17)8-10-23(22)35(25(37)39-26(2,3)4)16-18-13-20(27(29,30)31)15-21(14-18)28(32,33)34;1-24(2,3)37-23(36)33(14-16-11-18(25(27,28)29)13-19(12-16)26(30,31)32)21-8-6-17-10-15(4-7-20(17)21)5-9-22(34)35/h6-7,9,11-15,23H,5,8,10,16H2,1-4H3;4-5,7,9-13,21H,6,8,14H2,1-3H3,(H,34,35)/b11-7+;9-5+. The number of halogens is 12. The molecule has 0 saturated heterocycles. The van der Waals surface area contributed by atoms with Crippen molar-refractivity contribution in [2.24, 2.45) is 0 Å². The SMILES string of the molecule is CC(C)(C)OC(=O)N(Cc1cc(C(F)(F)F)cc(C(F)(F)F)c1)C1CCc2cc(/C=C/C(=O)O)ccc21.CCOC(=O)/C=C/c1ccc2c(c1)CCC2N(Cc1cc(C(F)(F)F)cc(C(F)(F)F)c1)C(=O)OC(C)(C)C. The largest absolute Gasteiger partial charge is 0.478 e. The van der Waals surface area contributed by atoms with Crippen molar-refractivity contribution in [2.45, 2.75) is 135 Å². The van der Waals surface area contributed by atoms with E-state index in [1.807, 2.05) is 6.07 Å². The summed E-state index contributed by atoms with van der Waals surface area (Å²) in [5.41, 5.74) is -4.19. The molecule has 4 aromatic rings. The number of aryl methyl sites for hydroxylation is 2. The number of carbonyl (C=O) groups is 4. The number of esters is 1. The van der Waals surface area contributed by atoms with Gasteiger partial charge in [-0.15, -0.1) is 0 Å². The molecule has 0 spiro atoms. The van der Waals surface area contributed by atoms with Gasteiger partial charge in [0.1, 0.15) is 11.2 Å². The number of aliphatic carboxylic acids is 1. The Morgan fingerprint density at radius 1 is 0.539 bits per heavy atom. The third-order valence-corrected chi connectivity index (χ3v) is 11.6. The zero-order chi connectivity index (χ0) is 56.9. The number of benzene rings is 4. The van der Waals surface area contributed by atoms with Crippen LogP contribution in [0.2, 0.25) is 0 Å². The van der Waals surface area contributed by atoms with Crippen LogP contribution >= 0.6 is 0 Å². The summed E-state index contributed by atoms with van der Waals surface area (Å²) in [4.78, 5) is 51.1. The van der Waals surface area contributed by atoms with Crippen molar-refractivity contribution in [3.63, 3.8) is 0 Å². The molecule has 0 bridgehead atoms. The van der Waals surface area contributed by atoms with Gasteiger partial charge in [0, 0.05) is 25.2 Å². The zero-order valence-corrected chi connectivity index (χ0v) is 42.1. The van der Waals surface area contributed by atoms with Crippen LogP contribution in [-0.4, -0.2) is 56.8 Å². The van der Waals surface area contributed by atoms with Gasteiger partial charge < -0.3 is 19.3 Å². The first-order valence-corrected chi connectivity index (χ1v) is 23.5. The monoisotopic (exact) mass is 1090 g/mol. The molecule has 2 aliphatic rings. The van der Waals surface area contributed by atoms with Gasteiger partial charge in [0.2, 0.25) is 0 Å². The Balaban J connectivity index is 0.000000281. The molecule has 412 valence electrons. The van der Waals surface area contributed by atoms with Crippen LogP contribution in [0, 0.1) is 0 Å². The Bertz CT molecular complexity index is 2770. The highest BCUT2D eigenvalue weighted by Gasteiger charge is 2.41. The van der Waals surface area contributed by atoms with Crippen molar-refractivity contribution in [2.75, 3.05) is 6.61 Å². The second-order valence-corrected chi connectivity index (χ2v) is 19.8. The number of carboxylic acids is 1. The van der Waals surface area contributed by atoms with Gasteiger partial charge in [0.25, 0.3) is 0 Å². The number of amides is 2. The van der Waals surface area contributed by atoms with Crippen LogP contribution in [0.15, 0.2) is 84.9 Å². The minimum Gasteiger partial charge on any atom is -0.478 e. The van der Waals surface area contributed by atoms with Gasteiger partial charge >= 0.3 is 48.8 Å². The quantitative estimate of drug-likeness (QED) is 0.0682. The number of fused-ring (bicyclic) bond motifs is 2. The second kappa shape index (κ2) is 23.1. The van der Waals surface area contributed by atoms with Crippen molar-refractivity contribution in [1.82, 2.24) is 9.80 Å². The lowest BCUT2D eigenvalue weighted by Crippen LogP contribution is -2.38. The molecule has 4 aromatic carbocycles. The number of hydrogen-bond donors (Lipinski definition) is 1. The van der Waals surface area contributed by atoms with Crippen LogP contribution in [0.1, 0.15) is 140 Å². The Kier molecular flexibility index (Phi) is 18.2. The van der Waals surface area contributed by atoms with Crippen LogP contribution in [0.25, 0.3) is 12.2 Å². The number of carboxylic acid groups (broad SMARTS) is 1. The summed E-state index contributed by atoms with van der Waals surface area (Å²) in [6, 6.07) is 11.5. The van der Waals surface area contributed by atoms with Crippen LogP contribution < -0.4 is 0 Å². The topological polar surface area (TPSA) is 123 Å². The van der Waals surface area contributed by atoms with E-state index in [0.717, 1.165) is 22.1 Å². The molecule has 1 N–H and O–H groups in total. The second-order valence-electron chi connectivity index (χ2n) is 19.8. The van der Waals surface area contributed by atoms with Crippen molar-refractivity contribution in [1.29, 1.82) is 0 Å². The third kappa shape index (κ3) is 16.8. The van der Waals surface area contributed by atoms with E-state index in [0.29, 0.717) is 72.2 Å². The first kappa shape index (κ1) is 59.9. The van der Waals surface area contributed by atoms with Crippen molar-refractivity contribution < 1.29 is 91.2 Å². The van der Waals surface area contributed by atoms with Gasteiger partial charge in [-0.2, -0.15) is 52.7 Å². The average molecular weight is 1090 g/mol. The normalized spacial score (nSPS) is 15.9. The summed E-state index contributed by atoms with van der Waals surface area (Å²) in [5.74, 6) is -1.64. The molecule has 2 amide bonds. The highest BCUT2D eigenvalue weighted by Crippen LogP contribution is 2.43. The van der Waals surface area contributed by atoms with Gasteiger partial charge in [0.05, 0.1) is 40.9 Å². The summed E-state index contributed by atoms with van der Waals surface area (Å²) in [7, 11) is 0. The number of carbonyl (C=O) groups excluding carboxylic acids is 3. The van der Waals surface area contributed by atoms with E-state index in [1.54, 1.807) is 84.9 Å². The Morgan fingerprint density at radius 3 is 1.18 bits per heavy atom. The predicted octanol–water partition coefficient (Wildman–Crippen LogP) is 15.0. The molecule has 0 aliphatic heterocycles. The van der Waals surface area contributed by atoms with Gasteiger partial charge in [-0.05, 0) is 167 Å². The molecule has 0 saturated carbocycles. The van der Waals surface area contributed by atoms with Crippen LogP contribution in [-0.2, 0) is 74.4 Å². The number of rotatable bonds is 11. The van der Waals surface area contributed by atoms with E-state index >= 15 is 0 Å². The molecule has 76 heavy (non-hydrogen) atoms. The molecule has 6 rings (SSSR count). The molecule has 0 radical (unpaired) electrons. The van der Waals surface area contributed by atoms with Crippen molar-refractivity contribution >= 4 is 36.3 Å². The smallest absolute Gasteiger partial charge is 0.416 e. The molecule has 2 atom stereocenters. The first-order chi connectivity index (χ1) is 34.9. The lowest BCUT2D eigenvalue weighted by atomic mass is 10.0. The van der Waals surface area contributed by atoms with Crippen LogP contribution in [0.4, 0.5) is 62.3 Å². The van der Waals surface area contributed by atoms with Crippen molar-refractivity contribution in [3.05, 3.63) is 152 Å². The highest BCUT2D eigenvalue weighted by molar-refractivity contribution is 5.87. The maximum Gasteiger partial charge on any atom is 0.416 e. The van der Waals surface area contributed by atoms with E-state index < -0.39 is 107 Å². The fraction of sp³-hybridized carbons (Fsp3) is 0.407. The van der Waals surface area contributed by atoms with E-state index in [9.17, 15) is 71.9 Å². The summed E-state index contributed by atoms with van der Waals surface area (Å²) < 4.78 is 177. The number of hydrogen-bond acceptors (Lipinski definition) is 7. The summed E-state index contributed by atoms with van der Waals surface area (Å²) >= 11 is 0. The fourth-order valence-electron chi connectivity index (χ4n) is 8.47. The van der Waals surface area contributed by atoms with Crippen molar-refractivity contribution in [3.8, 4) is 0 Å². The fourth-order valence-corrected chi connectivity index (χ4v) is 8.47. The molecule has 2 unspecified atom stereocenters. The molecule has 0 heterocycles. The average Bonchev–Trinajstić information content (AvgIpc) is 3.90. The maximum atomic E-state index is 13.4. The molecule has 22 heteroatoms. The van der Waals surface area contributed by atoms with Crippen LogP contribution in [0.5, 0.6) is 0 Å².